The van der Waals surface area contributed by atoms with Crippen LogP contribution in [0.2, 0.25) is 0 Å². The topological polar surface area (TPSA) is 77.1 Å². The normalized spacial score (nSPS) is 27.4. The zero-order valence-corrected chi connectivity index (χ0v) is 8.77. The highest BCUT2D eigenvalue weighted by Gasteiger charge is 2.49. The molecule has 0 aromatic carbocycles. The summed E-state index contributed by atoms with van der Waals surface area (Å²) in [6, 6.07) is -0.385. The molecule has 6 heteroatoms. The Labute approximate surface area is 82.7 Å². The minimum absolute atomic E-state index is 0.207. The lowest BCUT2D eigenvalue weighted by atomic mass is 10.00. The minimum Gasteiger partial charge on any atom is -0.385 e. The van der Waals surface area contributed by atoms with Gasteiger partial charge in [-0.05, 0) is 6.92 Å². The summed E-state index contributed by atoms with van der Waals surface area (Å²) in [5, 5.41) is 0. The molecule has 0 saturated carbocycles. The Morgan fingerprint density at radius 1 is 1.50 bits per heavy atom. The molecule has 1 aliphatic rings. The number of carbonyl (C=O) groups is 1. The molecule has 0 bridgehead atoms. The van der Waals surface area contributed by atoms with Crippen LogP contribution < -0.4 is 5.73 Å². The third kappa shape index (κ3) is 1.27. The number of amidine groups is 1. The SMILES string of the molecule is COC(OC)C1(C)C(N)=NC(=O)N1C. The average Bonchev–Trinajstić information content (AvgIpc) is 2.34. The molecule has 0 fully saturated rings. The quantitative estimate of drug-likeness (QED) is 0.641. The molecule has 80 valence electrons. The number of methoxy groups -OCH3 is 2. The highest BCUT2D eigenvalue weighted by molar-refractivity contribution is 6.05. The number of rotatable bonds is 3. The second-order valence-corrected chi connectivity index (χ2v) is 3.29. The lowest BCUT2D eigenvalue weighted by Gasteiger charge is -2.36. The number of ether oxygens (including phenoxy) is 2. The molecule has 1 heterocycles. The Morgan fingerprint density at radius 2 is 2.00 bits per heavy atom. The van der Waals surface area contributed by atoms with Gasteiger partial charge in [-0.3, -0.25) is 0 Å². The molecular formula is C8H15N3O3. The van der Waals surface area contributed by atoms with Gasteiger partial charge in [-0.15, -0.1) is 0 Å². The number of nitrogens with zero attached hydrogens (tertiary/aromatic N) is 2. The van der Waals surface area contributed by atoms with Crippen molar-refractivity contribution in [2.24, 2.45) is 10.7 Å². The van der Waals surface area contributed by atoms with Crippen molar-refractivity contribution in [3.63, 3.8) is 0 Å². The Balaban J connectivity index is 3.04. The van der Waals surface area contributed by atoms with Crippen LogP contribution in [0.1, 0.15) is 6.92 Å². The van der Waals surface area contributed by atoms with Crippen LogP contribution in [0, 0.1) is 0 Å². The first-order chi connectivity index (χ1) is 6.48. The van der Waals surface area contributed by atoms with Crippen molar-refractivity contribution in [2.75, 3.05) is 21.3 Å². The molecule has 0 spiro atoms. The van der Waals surface area contributed by atoms with E-state index in [9.17, 15) is 4.79 Å². The van der Waals surface area contributed by atoms with E-state index in [4.69, 9.17) is 15.2 Å². The molecule has 1 aliphatic heterocycles. The zero-order chi connectivity index (χ0) is 10.9. The van der Waals surface area contributed by atoms with Crippen molar-refractivity contribution in [3.05, 3.63) is 0 Å². The first-order valence-electron chi connectivity index (χ1n) is 4.16. The lowest BCUT2D eigenvalue weighted by molar-refractivity contribution is -0.148. The van der Waals surface area contributed by atoms with E-state index in [-0.39, 0.29) is 11.9 Å². The summed E-state index contributed by atoms with van der Waals surface area (Å²) in [5.74, 6) is 0.207. The molecular weight excluding hydrogens is 186 g/mol. The van der Waals surface area contributed by atoms with Crippen molar-refractivity contribution in [3.8, 4) is 0 Å². The standard InChI is InChI=1S/C8H15N3O3/c1-8(6(13-3)14-4)5(9)10-7(12)11(8)2/h6H,1-4H3,(H2,9,10,12). The van der Waals surface area contributed by atoms with Gasteiger partial charge >= 0.3 is 6.03 Å². The van der Waals surface area contributed by atoms with Crippen LogP contribution in [0.25, 0.3) is 0 Å². The summed E-state index contributed by atoms with van der Waals surface area (Å²) in [4.78, 5) is 16.3. The van der Waals surface area contributed by atoms with Crippen LogP contribution in [0.5, 0.6) is 0 Å². The third-order valence-electron chi connectivity index (χ3n) is 2.61. The number of likely N-dealkylation sites (N-methyl/N-ethyl adjacent to an activating group) is 1. The maximum absolute atomic E-state index is 11.3. The van der Waals surface area contributed by atoms with Gasteiger partial charge in [-0.25, -0.2) is 4.79 Å². The van der Waals surface area contributed by atoms with Crippen LogP contribution in [-0.2, 0) is 9.47 Å². The van der Waals surface area contributed by atoms with E-state index in [1.807, 2.05) is 0 Å². The molecule has 0 aromatic heterocycles. The number of carbonyl (C=O) groups excluding carboxylic acids is 1. The summed E-state index contributed by atoms with van der Waals surface area (Å²) in [5.41, 5.74) is 4.84. The van der Waals surface area contributed by atoms with E-state index in [0.717, 1.165) is 0 Å². The van der Waals surface area contributed by atoms with Gasteiger partial charge in [0.05, 0.1) is 0 Å². The van der Waals surface area contributed by atoms with Gasteiger partial charge in [0.25, 0.3) is 0 Å². The second kappa shape index (κ2) is 3.55. The van der Waals surface area contributed by atoms with Gasteiger partial charge in [0.2, 0.25) is 0 Å². The van der Waals surface area contributed by atoms with Gasteiger partial charge in [0.15, 0.2) is 6.29 Å². The highest BCUT2D eigenvalue weighted by Crippen LogP contribution is 2.26. The molecule has 1 atom stereocenters. The van der Waals surface area contributed by atoms with E-state index in [0.29, 0.717) is 0 Å². The maximum atomic E-state index is 11.3. The maximum Gasteiger partial charge on any atom is 0.346 e. The summed E-state index contributed by atoms with van der Waals surface area (Å²) in [7, 11) is 4.59. The fraction of sp³-hybridized carbons (Fsp3) is 0.750. The number of hydrogen-bond acceptors (Lipinski definition) is 4. The molecule has 0 aromatic rings. The van der Waals surface area contributed by atoms with E-state index < -0.39 is 11.8 Å². The summed E-state index contributed by atoms with van der Waals surface area (Å²) >= 11 is 0. The molecule has 2 N–H and O–H groups in total. The van der Waals surface area contributed by atoms with Crippen LogP contribution in [0.4, 0.5) is 4.79 Å². The Bertz CT molecular complexity index is 275. The van der Waals surface area contributed by atoms with Crippen LogP contribution in [-0.4, -0.2) is 49.9 Å². The average molecular weight is 201 g/mol. The van der Waals surface area contributed by atoms with E-state index >= 15 is 0 Å². The minimum atomic E-state index is -0.833. The van der Waals surface area contributed by atoms with Gasteiger partial charge in [0, 0.05) is 21.3 Å². The van der Waals surface area contributed by atoms with Crippen LogP contribution in [0.3, 0.4) is 0 Å². The molecule has 0 aliphatic carbocycles. The fourth-order valence-corrected chi connectivity index (χ4v) is 1.50. The number of amides is 2. The van der Waals surface area contributed by atoms with Crippen LogP contribution in [0.15, 0.2) is 4.99 Å². The molecule has 1 rings (SSSR count). The van der Waals surface area contributed by atoms with Gasteiger partial charge in [-0.2, -0.15) is 4.99 Å². The zero-order valence-electron chi connectivity index (χ0n) is 8.77. The predicted molar refractivity (Wildman–Crippen MR) is 51.0 cm³/mol. The van der Waals surface area contributed by atoms with Crippen molar-refractivity contribution in [2.45, 2.75) is 18.8 Å². The summed E-state index contributed by atoms with van der Waals surface area (Å²) < 4.78 is 10.2. The smallest absolute Gasteiger partial charge is 0.346 e. The van der Waals surface area contributed by atoms with Gasteiger partial charge in [-0.1, -0.05) is 0 Å². The molecule has 14 heavy (non-hydrogen) atoms. The largest absolute Gasteiger partial charge is 0.385 e. The van der Waals surface area contributed by atoms with Gasteiger partial charge in [0.1, 0.15) is 11.4 Å². The van der Waals surface area contributed by atoms with Crippen molar-refractivity contribution in [1.29, 1.82) is 0 Å². The van der Waals surface area contributed by atoms with E-state index in [1.165, 1.54) is 19.1 Å². The highest BCUT2D eigenvalue weighted by atomic mass is 16.7. The van der Waals surface area contributed by atoms with Crippen molar-refractivity contribution >= 4 is 11.9 Å². The summed E-state index contributed by atoms with van der Waals surface area (Å²) in [6.45, 7) is 1.74. The first kappa shape index (κ1) is 10.9. The van der Waals surface area contributed by atoms with E-state index in [1.54, 1.807) is 14.0 Å². The monoisotopic (exact) mass is 201 g/mol. The molecule has 1 unspecified atom stereocenters. The Kier molecular flexibility index (Phi) is 2.77. The van der Waals surface area contributed by atoms with E-state index in [2.05, 4.69) is 4.99 Å². The second-order valence-electron chi connectivity index (χ2n) is 3.29. The van der Waals surface area contributed by atoms with Crippen molar-refractivity contribution in [1.82, 2.24) is 4.90 Å². The first-order valence-corrected chi connectivity index (χ1v) is 4.16. The summed E-state index contributed by atoms with van der Waals surface area (Å²) in [6.07, 6.45) is -0.623. The third-order valence-corrected chi connectivity index (χ3v) is 2.61. The van der Waals surface area contributed by atoms with Crippen molar-refractivity contribution < 1.29 is 14.3 Å². The lowest BCUT2D eigenvalue weighted by Crippen LogP contribution is -2.59. The van der Waals surface area contributed by atoms with Crippen LogP contribution >= 0.6 is 0 Å². The number of nitrogens with two attached hydrogens (primary N) is 1. The predicted octanol–water partition coefficient (Wildman–Crippen LogP) is -0.213. The molecule has 6 nitrogen and oxygen atoms in total. The Morgan fingerprint density at radius 3 is 2.29 bits per heavy atom. The fourth-order valence-electron chi connectivity index (χ4n) is 1.50. The Hall–Kier alpha value is -1.14. The molecule has 0 saturated heterocycles. The number of hydrogen-bond donors (Lipinski definition) is 1. The van der Waals surface area contributed by atoms with Gasteiger partial charge < -0.3 is 20.1 Å². The molecule has 0 radical (unpaired) electrons. The molecule has 2 amide bonds. The number of urea groups is 1. The number of aliphatic imine (C=N–C) groups is 1.